The molecular formula is C23H47FN2O6. The van der Waals surface area contributed by atoms with Gasteiger partial charge in [0, 0.05) is 18.5 Å². The van der Waals surface area contributed by atoms with Crippen molar-refractivity contribution in [3.8, 4) is 0 Å². The normalized spacial score (nSPS) is 14.3. The van der Waals surface area contributed by atoms with E-state index in [-0.39, 0.29) is 25.0 Å². The number of nitrogens with one attached hydrogen (secondary N) is 2. The predicted molar refractivity (Wildman–Crippen MR) is 124 cm³/mol. The summed E-state index contributed by atoms with van der Waals surface area (Å²) in [6.07, 6.45) is 1.89. The molecule has 1 amide bonds. The molecule has 0 heterocycles. The van der Waals surface area contributed by atoms with Crippen molar-refractivity contribution >= 4 is 5.91 Å². The molecule has 3 unspecified atom stereocenters. The Bertz CT molecular complexity index is 420. The Kier molecular flexibility index (Phi) is 22.7. The fourth-order valence-electron chi connectivity index (χ4n) is 2.63. The van der Waals surface area contributed by atoms with E-state index in [4.69, 9.17) is 23.7 Å². The van der Waals surface area contributed by atoms with Gasteiger partial charge in [-0.05, 0) is 19.8 Å². The quantitative estimate of drug-likeness (QED) is 0.211. The number of amides is 1. The van der Waals surface area contributed by atoms with E-state index in [9.17, 15) is 9.18 Å². The largest absolute Gasteiger partial charge is 0.378 e. The highest BCUT2D eigenvalue weighted by atomic mass is 19.1. The topological polar surface area (TPSA) is 87.3 Å². The molecule has 2 N–H and O–H groups in total. The molecule has 0 radical (unpaired) electrons. The lowest BCUT2D eigenvalue weighted by Gasteiger charge is -2.13. The van der Waals surface area contributed by atoms with Crippen LogP contribution in [0, 0.1) is 5.92 Å². The summed E-state index contributed by atoms with van der Waals surface area (Å²) in [4.78, 5) is 11.6. The molecule has 0 bridgehead atoms. The molecule has 0 rings (SSSR count). The molecule has 0 aliphatic carbocycles. The first-order valence-corrected chi connectivity index (χ1v) is 12.0. The molecule has 0 saturated carbocycles. The van der Waals surface area contributed by atoms with Crippen molar-refractivity contribution in [2.24, 2.45) is 5.92 Å². The highest BCUT2D eigenvalue weighted by Crippen LogP contribution is 2.00. The Balaban J connectivity index is 3.23. The molecular weight excluding hydrogens is 419 g/mol. The van der Waals surface area contributed by atoms with Crippen LogP contribution in [0.5, 0.6) is 0 Å². The van der Waals surface area contributed by atoms with Crippen LogP contribution in [0.2, 0.25) is 0 Å². The zero-order valence-corrected chi connectivity index (χ0v) is 20.7. The first kappa shape index (κ1) is 31.2. The number of alkyl halides is 1. The Hall–Kier alpha value is -0.840. The van der Waals surface area contributed by atoms with Crippen LogP contribution in [0.15, 0.2) is 0 Å². The van der Waals surface area contributed by atoms with Crippen LogP contribution >= 0.6 is 0 Å². The van der Waals surface area contributed by atoms with Gasteiger partial charge in [-0.1, -0.05) is 27.2 Å². The summed E-state index contributed by atoms with van der Waals surface area (Å²) in [5.41, 5.74) is 0. The van der Waals surface area contributed by atoms with Gasteiger partial charge in [-0.3, -0.25) is 4.79 Å². The molecule has 0 aromatic carbocycles. The average molecular weight is 467 g/mol. The minimum absolute atomic E-state index is 0.0262. The molecule has 0 saturated heterocycles. The molecule has 32 heavy (non-hydrogen) atoms. The van der Waals surface area contributed by atoms with Crippen LogP contribution in [0.3, 0.4) is 0 Å². The summed E-state index contributed by atoms with van der Waals surface area (Å²) in [5.74, 6) is -0.228. The van der Waals surface area contributed by atoms with E-state index in [1.807, 2.05) is 13.8 Å². The maximum atomic E-state index is 13.6. The van der Waals surface area contributed by atoms with E-state index in [1.165, 1.54) is 12.8 Å². The Labute approximate surface area is 194 Å². The Morgan fingerprint density at radius 1 is 0.812 bits per heavy atom. The van der Waals surface area contributed by atoms with E-state index in [0.717, 1.165) is 13.0 Å². The van der Waals surface area contributed by atoms with Gasteiger partial charge in [-0.2, -0.15) is 0 Å². The predicted octanol–water partition coefficient (Wildman–Crippen LogP) is 2.35. The third-order valence-electron chi connectivity index (χ3n) is 4.81. The molecule has 0 spiro atoms. The van der Waals surface area contributed by atoms with Crippen molar-refractivity contribution in [2.45, 2.75) is 59.2 Å². The Morgan fingerprint density at radius 3 is 1.81 bits per heavy atom. The van der Waals surface area contributed by atoms with Gasteiger partial charge in [0.2, 0.25) is 5.91 Å². The van der Waals surface area contributed by atoms with Gasteiger partial charge < -0.3 is 34.3 Å². The van der Waals surface area contributed by atoms with Gasteiger partial charge in [0.25, 0.3) is 0 Å². The smallest absolute Gasteiger partial charge is 0.222 e. The van der Waals surface area contributed by atoms with Gasteiger partial charge in [0.1, 0.15) is 6.17 Å². The molecule has 0 fully saturated rings. The van der Waals surface area contributed by atoms with Gasteiger partial charge in [-0.25, -0.2) is 4.39 Å². The highest BCUT2D eigenvalue weighted by Gasteiger charge is 2.13. The third kappa shape index (κ3) is 21.0. The van der Waals surface area contributed by atoms with Gasteiger partial charge in [0.15, 0.2) is 0 Å². The van der Waals surface area contributed by atoms with Gasteiger partial charge in [-0.15, -0.1) is 0 Å². The lowest BCUT2D eigenvalue weighted by Crippen LogP contribution is -2.35. The minimum atomic E-state index is -1.22. The number of carbonyl (C=O) groups excluding carboxylic acids is 1. The molecule has 192 valence electrons. The molecule has 3 atom stereocenters. The number of halogens is 1. The number of hydrogen-bond donors (Lipinski definition) is 2. The van der Waals surface area contributed by atoms with Gasteiger partial charge >= 0.3 is 0 Å². The van der Waals surface area contributed by atoms with Crippen molar-refractivity contribution in [1.82, 2.24) is 10.6 Å². The second kappa shape index (κ2) is 23.3. The lowest BCUT2D eigenvalue weighted by molar-refractivity contribution is -0.124. The van der Waals surface area contributed by atoms with Gasteiger partial charge in [0.05, 0.1) is 72.6 Å². The standard InChI is InChI=1S/C23H47FN2O6/c1-5-7-21(4)25-8-9-28-10-11-29-12-13-30-14-15-31-16-17-32-19-22(24)18-26-23(27)20(3)6-2/h20-22,25H,5-19H2,1-4H3,(H,26,27). The van der Waals surface area contributed by atoms with Crippen molar-refractivity contribution < 1.29 is 32.9 Å². The highest BCUT2D eigenvalue weighted by molar-refractivity contribution is 5.78. The number of rotatable bonds is 24. The van der Waals surface area contributed by atoms with E-state index in [1.54, 1.807) is 0 Å². The zero-order chi connectivity index (χ0) is 23.9. The average Bonchev–Trinajstić information content (AvgIpc) is 2.79. The fourth-order valence-corrected chi connectivity index (χ4v) is 2.63. The molecule has 9 heteroatoms. The second-order valence-electron chi connectivity index (χ2n) is 7.82. The lowest BCUT2D eigenvalue weighted by atomic mass is 10.1. The summed E-state index contributed by atoms with van der Waals surface area (Å²) >= 11 is 0. The second-order valence-corrected chi connectivity index (χ2v) is 7.82. The third-order valence-corrected chi connectivity index (χ3v) is 4.81. The van der Waals surface area contributed by atoms with E-state index in [0.29, 0.717) is 65.5 Å². The molecule has 0 aliphatic heterocycles. The van der Waals surface area contributed by atoms with Crippen molar-refractivity contribution in [2.75, 3.05) is 79.2 Å². The molecule has 0 aromatic rings. The summed E-state index contributed by atoms with van der Waals surface area (Å²) in [6, 6.07) is 0.538. The fraction of sp³-hybridized carbons (Fsp3) is 0.957. The zero-order valence-electron chi connectivity index (χ0n) is 20.7. The molecule has 0 aromatic heterocycles. The first-order chi connectivity index (χ1) is 15.5. The summed E-state index contributed by atoms with van der Waals surface area (Å²) in [5, 5.41) is 6.00. The van der Waals surface area contributed by atoms with Crippen LogP contribution in [0.4, 0.5) is 4.39 Å². The van der Waals surface area contributed by atoms with Crippen molar-refractivity contribution in [3.63, 3.8) is 0 Å². The number of ether oxygens (including phenoxy) is 5. The number of carbonyl (C=O) groups is 1. The summed E-state index contributed by atoms with van der Waals surface area (Å²) in [7, 11) is 0. The minimum Gasteiger partial charge on any atom is -0.378 e. The molecule has 8 nitrogen and oxygen atoms in total. The Morgan fingerprint density at radius 2 is 1.31 bits per heavy atom. The SMILES string of the molecule is CCCC(C)NCCOCCOCCOCCOCCOCC(F)CNC(=O)C(C)CC. The van der Waals surface area contributed by atoms with Crippen LogP contribution in [-0.4, -0.2) is 97.3 Å². The van der Waals surface area contributed by atoms with Crippen LogP contribution in [-0.2, 0) is 28.5 Å². The first-order valence-electron chi connectivity index (χ1n) is 12.0. The summed E-state index contributed by atoms with van der Waals surface area (Å²) in [6.45, 7) is 13.3. The summed E-state index contributed by atoms with van der Waals surface area (Å²) < 4.78 is 40.6. The number of hydrogen-bond acceptors (Lipinski definition) is 7. The van der Waals surface area contributed by atoms with Crippen molar-refractivity contribution in [1.29, 1.82) is 0 Å². The van der Waals surface area contributed by atoms with Crippen LogP contribution < -0.4 is 10.6 Å². The van der Waals surface area contributed by atoms with Crippen LogP contribution in [0.25, 0.3) is 0 Å². The van der Waals surface area contributed by atoms with Crippen LogP contribution in [0.1, 0.15) is 47.0 Å². The monoisotopic (exact) mass is 466 g/mol. The van der Waals surface area contributed by atoms with E-state index < -0.39 is 6.17 Å². The maximum absolute atomic E-state index is 13.6. The van der Waals surface area contributed by atoms with E-state index >= 15 is 0 Å². The van der Waals surface area contributed by atoms with E-state index in [2.05, 4.69) is 24.5 Å². The molecule has 0 aliphatic rings. The van der Waals surface area contributed by atoms with Crippen molar-refractivity contribution in [3.05, 3.63) is 0 Å². The maximum Gasteiger partial charge on any atom is 0.222 e.